The third-order valence-electron chi connectivity index (χ3n) is 3.24. The molecule has 0 radical (unpaired) electrons. The Morgan fingerprint density at radius 3 is 2.35 bits per heavy atom. The number of nitrogens with one attached hydrogen (secondary N) is 1. The second kappa shape index (κ2) is 7.49. The van der Waals surface area contributed by atoms with Gasteiger partial charge in [0.1, 0.15) is 11.6 Å². The lowest BCUT2D eigenvalue weighted by Crippen LogP contribution is -2.31. The Balaban J connectivity index is 2.09. The summed E-state index contributed by atoms with van der Waals surface area (Å²) < 4.78 is 26.1. The molecular weight excluding hydrogens is 304 g/mol. The first kappa shape index (κ1) is 16.6. The molecular formula is C17H15F2NO3. The molecule has 0 aromatic heterocycles. The van der Waals surface area contributed by atoms with Crippen LogP contribution in [0.5, 0.6) is 0 Å². The summed E-state index contributed by atoms with van der Waals surface area (Å²) in [6.07, 6.45) is -0.407. The van der Waals surface area contributed by atoms with Gasteiger partial charge in [-0.1, -0.05) is 24.3 Å². The van der Waals surface area contributed by atoms with Crippen molar-refractivity contribution in [1.82, 2.24) is 5.32 Å². The molecule has 2 aromatic rings. The lowest BCUT2D eigenvalue weighted by atomic mass is 10.0. The first-order valence-corrected chi connectivity index (χ1v) is 6.95. The van der Waals surface area contributed by atoms with Crippen LogP contribution >= 0.6 is 0 Å². The van der Waals surface area contributed by atoms with Gasteiger partial charge >= 0.3 is 5.97 Å². The third-order valence-corrected chi connectivity index (χ3v) is 3.24. The largest absolute Gasteiger partial charge is 0.481 e. The van der Waals surface area contributed by atoms with Crippen LogP contribution in [0, 0.1) is 11.6 Å². The van der Waals surface area contributed by atoms with Crippen molar-refractivity contribution in [3.8, 4) is 0 Å². The van der Waals surface area contributed by atoms with Crippen molar-refractivity contribution < 1.29 is 23.5 Å². The summed E-state index contributed by atoms with van der Waals surface area (Å²) in [7, 11) is 0. The minimum Gasteiger partial charge on any atom is -0.481 e. The third kappa shape index (κ3) is 5.18. The van der Waals surface area contributed by atoms with Crippen LogP contribution in [0.1, 0.15) is 23.6 Å². The maximum atomic E-state index is 13.1. The van der Waals surface area contributed by atoms with Crippen molar-refractivity contribution in [2.75, 3.05) is 0 Å². The molecule has 120 valence electrons. The summed E-state index contributed by atoms with van der Waals surface area (Å²) in [5.41, 5.74) is 0.970. The molecule has 2 aromatic carbocycles. The number of hydrogen-bond donors (Lipinski definition) is 2. The van der Waals surface area contributed by atoms with Gasteiger partial charge in [-0.15, -0.1) is 0 Å². The van der Waals surface area contributed by atoms with Gasteiger partial charge in [-0.25, -0.2) is 8.78 Å². The van der Waals surface area contributed by atoms with Gasteiger partial charge in [-0.3, -0.25) is 9.59 Å². The molecule has 0 aliphatic carbocycles. The van der Waals surface area contributed by atoms with Crippen LogP contribution in [0.25, 0.3) is 0 Å². The van der Waals surface area contributed by atoms with Gasteiger partial charge in [0.2, 0.25) is 5.91 Å². The Morgan fingerprint density at radius 2 is 1.74 bits per heavy atom. The molecule has 1 amide bonds. The number of hydrogen-bond acceptors (Lipinski definition) is 2. The van der Waals surface area contributed by atoms with Crippen LogP contribution in [0.4, 0.5) is 8.78 Å². The molecule has 6 heteroatoms. The fraction of sp³-hybridized carbons (Fsp3) is 0.176. The van der Waals surface area contributed by atoms with Crippen LogP contribution < -0.4 is 5.32 Å². The second-order valence-corrected chi connectivity index (χ2v) is 5.08. The highest BCUT2D eigenvalue weighted by molar-refractivity contribution is 5.80. The van der Waals surface area contributed by atoms with E-state index in [9.17, 15) is 18.4 Å². The van der Waals surface area contributed by atoms with Crippen molar-refractivity contribution >= 4 is 11.9 Å². The number of carbonyl (C=O) groups is 2. The van der Waals surface area contributed by atoms with Crippen molar-refractivity contribution in [2.45, 2.75) is 18.9 Å². The minimum atomic E-state index is -1.09. The molecule has 1 atom stereocenters. The molecule has 0 aliphatic heterocycles. The highest BCUT2D eigenvalue weighted by Gasteiger charge is 2.18. The molecule has 0 unspecified atom stereocenters. The van der Waals surface area contributed by atoms with Crippen LogP contribution in [-0.2, 0) is 16.0 Å². The van der Waals surface area contributed by atoms with Gasteiger partial charge < -0.3 is 10.4 Å². The van der Waals surface area contributed by atoms with Crippen LogP contribution in [-0.4, -0.2) is 17.0 Å². The fourth-order valence-corrected chi connectivity index (χ4v) is 2.20. The lowest BCUT2D eigenvalue weighted by Gasteiger charge is -2.17. The monoisotopic (exact) mass is 319 g/mol. The molecule has 23 heavy (non-hydrogen) atoms. The summed E-state index contributed by atoms with van der Waals surface area (Å²) in [4.78, 5) is 23.0. The van der Waals surface area contributed by atoms with Crippen molar-refractivity contribution in [3.05, 3.63) is 71.3 Å². The van der Waals surface area contributed by atoms with Crippen LogP contribution in [0.3, 0.4) is 0 Å². The van der Waals surface area contributed by atoms with E-state index in [-0.39, 0.29) is 12.8 Å². The van der Waals surface area contributed by atoms with Gasteiger partial charge in [0.05, 0.1) is 18.9 Å². The Morgan fingerprint density at radius 1 is 1.04 bits per heavy atom. The van der Waals surface area contributed by atoms with Gasteiger partial charge in [-0.05, 0) is 35.4 Å². The number of carboxylic acids is 1. The van der Waals surface area contributed by atoms with Crippen molar-refractivity contribution in [1.29, 1.82) is 0 Å². The number of rotatable bonds is 6. The van der Waals surface area contributed by atoms with E-state index in [0.29, 0.717) is 11.1 Å². The van der Waals surface area contributed by atoms with Gasteiger partial charge in [0.15, 0.2) is 0 Å². The van der Waals surface area contributed by atoms with Crippen molar-refractivity contribution in [2.24, 2.45) is 0 Å². The first-order chi connectivity index (χ1) is 10.9. The van der Waals surface area contributed by atoms with E-state index in [0.717, 1.165) is 0 Å². The average Bonchev–Trinajstić information content (AvgIpc) is 2.46. The van der Waals surface area contributed by atoms with Gasteiger partial charge in [-0.2, -0.15) is 0 Å². The molecule has 2 rings (SSSR count). The van der Waals surface area contributed by atoms with E-state index in [1.807, 2.05) is 0 Å². The van der Waals surface area contributed by atoms with E-state index in [2.05, 4.69) is 5.32 Å². The van der Waals surface area contributed by atoms with E-state index in [1.54, 1.807) is 6.07 Å². The van der Waals surface area contributed by atoms with Gasteiger partial charge in [0, 0.05) is 0 Å². The highest BCUT2D eigenvalue weighted by atomic mass is 19.1. The summed E-state index contributed by atoms with van der Waals surface area (Å²) in [6, 6.07) is 10.1. The smallest absolute Gasteiger partial charge is 0.305 e. The number of aliphatic carboxylic acids is 1. The Hall–Kier alpha value is -2.76. The van der Waals surface area contributed by atoms with Crippen LogP contribution in [0.2, 0.25) is 0 Å². The Bertz CT molecular complexity index is 701. The molecule has 0 aliphatic rings. The predicted octanol–water partition coefficient (Wildman–Crippen LogP) is 2.84. The summed E-state index contributed by atoms with van der Waals surface area (Å²) in [5, 5.41) is 11.6. The SMILES string of the molecule is O=C(O)C[C@@H](NC(=O)Cc1cccc(F)c1)c1ccc(F)cc1. The second-order valence-electron chi connectivity index (χ2n) is 5.08. The van der Waals surface area contributed by atoms with Crippen molar-refractivity contribution in [3.63, 3.8) is 0 Å². The molecule has 0 spiro atoms. The highest BCUT2D eigenvalue weighted by Crippen LogP contribution is 2.18. The number of carbonyl (C=O) groups excluding carboxylic acids is 1. The number of amides is 1. The van der Waals surface area contributed by atoms with E-state index in [1.165, 1.54) is 42.5 Å². The predicted molar refractivity (Wildman–Crippen MR) is 79.6 cm³/mol. The molecule has 0 fully saturated rings. The number of halogens is 2. The molecule has 4 nitrogen and oxygen atoms in total. The average molecular weight is 319 g/mol. The minimum absolute atomic E-state index is 0.0743. The van der Waals surface area contributed by atoms with Gasteiger partial charge in [0.25, 0.3) is 0 Å². The van der Waals surface area contributed by atoms with E-state index >= 15 is 0 Å². The molecule has 0 bridgehead atoms. The molecule has 2 N–H and O–H groups in total. The number of carboxylic acid groups (broad SMARTS) is 1. The molecule has 0 saturated carbocycles. The Kier molecular flexibility index (Phi) is 5.41. The van der Waals surface area contributed by atoms with E-state index in [4.69, 9.17) is 5.11 Å². The zero-order valence-electron chi connectivity index (χ0n) is 12.1. The standard InChI is InChI=1S/C17H15F2NO3/c18-13-6-4-12(5-7-13)15(10-17(22)23)20-16(21)9-11-2-1-3-14(19)8-11/h1-8,15H,9-10H2,(H,20,21)(H,22,23)/t15-/m1/s1. The topological polar surface area (TPSA) is 66.4 Å². The van der Waals surface area contributed by atoms with E-state index < -0.39 is 29.6 Å². The maximum Gasteiger partial charge on any atom is 0.305 e. The quantitative estimate of drug-likeness (QED) is 0.860. The lowest BCUT2D eigenvalue weighted by molar-refractivity contribution is -0.137. The summed E-state index contributed by atoms with van der Waals surface area (Å²) in [5.74, 6) is -2.43. The summed E-state index contributed by atoms with van der Waals surface area (Å²) >= 11 is 0. The number of benzene rings is 2. The maximum absolute atomic E-state index is 13.1. The zero-order chi connectivity index (χ0) is 16.8. The first-order valence-electron chi connectivity index (χ1n) is 6.95. The molecule has 0 heterocycles. The Labute approximate surface area is 131 Å². The fourth-order valence-electron chi connectivity index (χ4n) is 2.20. The normalized spacial score (nSPS) is 11.7. The summed E-state index contributed by atoms with van der Waals surface area (Å²) in [6.45, 7) is 0. The molecule has 0 saturated heterocycles. The zero-order valence-corrected chi connectivity index (χ0v) is 12.1. The van der Waals surface area contributed by atoms with Crippen LogP contribution in [0.15, 0.2) is 48.5 Å².